The van der Waals surface area contributed by atoms with Crippen LogP contribution in [0.2, 0.25) is 0 Å². The molecule has 5 heteroatoms. The van der Waals surface area contributed by atoms with E-state index in [1.54, 1.807) is 0 Å². The van der Waals surface area contributed by atoms with E-state index in [-0.39, 0.29) is 12.5 Å². The highest BCUT2D eigenvalue weighted by atomic mass is 127. The van der Waals surface area contributed by atoms with E-state index in [4.69, 9.17) is 5.11 Å². The summed E-state index contributed by atoms with van der Waals surface area (Å²) >= 11 is 3.73. The van der Waals surface area contributed by atoms with Gasteiger partial charge in [-0.25, -0.2) is 0 Å². The third kappa shape index (κ3) is 5.18. The minimum atomic E-state index is 0.00653. The van der Waals surface area contributed by atoms with Gasteiger partial charge in [0.25, 0.3) is 0 Å². The number of para-hydroxylation sites is 1. The number of hydrogen-bond donors (Lipinski definition) is 2. The molecule has 0 spiro atoms. The van der Waals surface area contributed by atoms with Gasteiger partial charge in [-0.2, -0.15) is 11.8 Å². The summed E-state index contributed by atoms with van der Waals surface area (Å²) in [7, 11) is 0. The van der Waals surface area contributed by atoms with E-state index in [1.165, 1.54) is 11.8 Å². The number of aliphatic hydroxyl groups is 1. The fraction of sp³-hybridized carbons (Fsp3) is 0.364. The van der Waals surface area contributed by atoms with Gasteiger partial charge in [-0.05, 0) is 46.9 Å². The monoisotopic (exact) mass is 351 g/mol. The van der Waals surface area contributed by atoms with Crippen LogP contribution in [0, 0.1) is 3.57 Å². The van der Waals surface area contributed by atoms with Gasteiger partial charge in [0.1, 0.15) is 0 Å². The maximum Gasteiger partial charge on any atom is 0.234 e. The normalized spacial score (nSPS) is 10.1. The van der Waals surface area contributed by atoms with Crippen LogP contribution >= 0.6 is 34.4 Å². The highest BCUT2D eigenvalue weighted by Crippen LogP contribution is 2.17. The second-order valence-corrected chi connectivity index (χ2v) is 5.43. The molecular formula is C11H14INO2S. The number of carbonyl (C=O) groups excluding carboxylic acids is 1. The highest BCUT2D eigenvalue weighted by Gasteiger charge is 2.04. The van der Waals surface area contributed by atoms with Gasteiger partial charge in [0.05, 0.1) is 11.4 Å². The predicted octanol–water partition coefficient (Wildman–Crippen LogP) is 2.35. The number of anilines is 1. The summed E-state index contributed by atoms with van der Waals surface area (Å²) in [5, 5.41) is 11.4. The number of rotatable bonds is 6. The first-order valence-electron chi connectivity index (χ1n) is 4.97. The van der Waals surface area contributed by atoms with E-state index in [1.807, 2.05) is 24.3 Å². The molecule has 0 aliphatic rings. The van der Waals surface area contributed by atoms with Crippen molar-refractivity contribution in [3.8, 4) is 0 Å². The third-order valence-corrected chi connectivity index (χ3v) is 3.81. The standard InChI is InChI=1S/C11H14INO2S/c12-9-4-1-2-5-10(9)13-11(15)8-16-7-3-6-14/h1-2,4-5,14H,3,6-8H2,(H,13,15). The maximum absolute atomic E-state index is 11.5. The molecule has 0 atom stereocenters. The third-order valence-electron chi connectivity index (χ3n) is 1.83. The van der Waals surface area contributed by atoms with Crippen molar-refractivity contribution in [1.82, 2.24) is 0 Å². The maximum atomic E-state index is 11.5. The fourth-order valence-electron chi connectivity index (χ4n) is 1.08. The topological polar surface area (TPSA) is 49.3 Å². The quantitative estimate of drug-likeness (QED) is 0.611. The van der Waals surface area contributed by atoms with Crippen molar-refractivity contribution in [3.05, 3.63) is 27.8 Å². The predicted molar refractivity (Wildman–Crippen MR) is 76.8 cm³/mol. The van der Waals surface area contributed by atoms with Gasteiger partial charge >= 0.3 is 0 Å². The first-order valence-corrected chi connectivity index (χ1v) is 7.20. The van der Waals surface area contributed by atoms with Crippen LogP contribution in [0.3, 0.4) is 0 Å². The molecule has 0 aromatic heterocycles. The minimum Gasteiger partial charge on any atom is -0.396 e. The molecule has 1 rings (SSSR count). The van der Waals surface area contributed by atoms with Crippen molar-refractivity contribution >= 4 is 45.9 Å². The first-order chi connectivity index (χ1) is 7.74. The fourth-order valence-corrected chi connectivity index (χ4v) is 2.34. The van der Waals surface area contributed by atoms with Crippen LogP contribution in [0.1, 0.15) is 6.42 Å². The number of hydrogen-bond acceptors (Lipinski definition) is 3. The molecule has 0 fully saturated rings. The number of benzene rings is 1. The second kappa shape index (κ2) is 7.92. The molecule has 0 radical (unpaired) electrons. The molecular weight excluding hydrogens is 337 g/mol. The lowest BCUT2D eigenvalue weighted by Gasteiger charge is -2.06. The van der Waals surface area contributed by atoms with Gasteiger partial charge in [0.2, 0.25) is 5.91 Å². The van der Waals surface area contributed by atoms with E-state index in [2.05, 4.69) is 27.9 Å². The number of amides is 1. The van der Waals surface area contributed by atoms with Crippen LogP contribution in [0.4, 0.5) is 5.69 Å². The Labute approximate surface area is 113 Å². The molecule has 3 nitrogen and oxygen atoms in total. The van der Waals surface area contributed by atoms with E-state index in [0.29, 0.717) is 5.75 Å². The summed E-state index contributed by atoms with van der Waals surface area (Å²) in [5.41, 5.74) is 0.857. The van der Waals surface area contributed by atoms with Crippen molar-refractivity contribution < 1.29 is 9.90 Å². The van der Waals surface area contributed by atoms with Gasteiger partial charge in [-0.15, -0.1) is 0 Å². The largest absolute Gasteiger partial charge is 0.396 e. The van der Waals surface area contributed by atoms with Crippen LogP contribution in [0.25, 0.3) is 0 Å². The van der Waals surface area contributed by atoms with Crippen LogP contribution in [0.15, 0.2) is 24.3 Å². The lowest BCUT2D eigenvalue weighted by Crippen LogP contribution is -2.15. The molecule has 0 heterocycles. The molecule has 0 aliphatic heterocycles. The molecule has 2 N–H and O–H groups in total. The van der Waals surface area contributed by atoms with Gasteiger partial charge < -0.3 is 10.4 Å². The Hall–Kier alpha value is -0.270. The Balaban J connectivity index is 2.32. The Morgan fingerprint density at radius 3 is 2.88 bits per heavy atom. The summed E-state index contributed by atoms with van der Waals surface area (Å²) in [6.45, 7) is 0.186. The van der Waals surface area contributed by atoms with Crippen LogP contribution in [-0.2, 0) is 4.79 Å². The Morgan fingerprint density at radius 2 is 2.19 bits per heavy atom. The SMILES string of the molecule is O=C(CSCCCO)Nc1ccccc1I. The molecule has 0 aliphatic carbocycles. The van der Waals surface area contributed by atoms with E-state index in [0.717, 1.165) is 21.4 Å². The summed E-state index contributed by atoms with van der Waals surface area (Å²) in [5.74, 6) is 1.26. The number of halogens is 1. The van der Waals surface area contributed by atoms with Crippen molar-refractivity contribution in [2.45, 2.75) is 6.42 Å². The average molecular weight is 351 g/mol. The second-order valence-electron chi connectivity index (χ2n) is 3.16. The van der Waals surface area contributed by atoms with Crippen molar-refractivity contribution in [3.63, 3.8) is 0 Å². The summed E-state index contributed by atoms with van der Waals surface area (Å²) in [6, 6.07) is 7.68. The number of nitrogens with one attached hydrogen (secondary N) is 1. The minimum absolute atomic E-state index is 0.00653. The molecule has 1 amide bonds. The van der Waals surface area contributed by atoms with Crippen molar-refractivity contribution in [2.24, 2.45) is 0 Å². The van der Waals surface area contributed by atoms with Gasteiger partial charge in [0, 0.05) is 10.2 Å². The van der Waals surface area contributed by atoms with Gasteiger partial charge in [-0.3, -0.25) is 4.79 Å². The first kappa shape index (κ1) is 13.8. The molecule has 0 saturated heterocycles. The van der Waals surface area contributed by atoms with E-state index < -0.39 is 0 Å². The number of thioether (sulfide) groups is 1. The molecule has 0 saturated carbocycles. The summed E-state index contributed by atoms with van der Waals surface area (Å²) in [4.78, 5) is 11.5. The zero-order chi connectivity index (χ0) is 11.8. The smallest absolute Gasteiger partial charge is 0.234 e. The molecule has 0 bridgehead atoms. The van der Waals surface area contributed by atoms with E-state index in [9.17, 15) is 4.79 Å². The molecule has 1 aromatic carbocycles. The zero-order valence-corrected chi connectivity index (χ0v) is 11.8. The molecule has 16 heavy (non-hydrogen) atoms. The Morgan fingerprint density at radius 1 is 1.44 bits per heavy atom. The van der Waals surface area contributed by atoms with Crippen LogP contribution in [0.5, 0.6) is 0 Å². The number of carbonyl (C=O) groups is 1. The van der Waals surface area contributed by atoms with Crippen molar-refractivity contribution in [1.29, 1.82) is 0 Å². The Kier molecular flexibility index (Phi) is 6.82. The average Bonchev–Trinajstić information content (AvgIpc) is 2.28. The van der Waals surface area contributed by atoms with Gasteiger partial charge in [0.15, 0.2) is 0 Å². The van der Waals surface area contributed by atoms with Crippen molar-refractivity contribution in [2.75, 3.05) is 23.4 Å². The van der Waals surface area contributed by atoms with Gasteiger partial charge in [-0.1, -0.05) is 12.1 Å². The highest BCUT2D eigenvalue weighted by molar-refractivity contribution is 14.1. The zero-order valence-electron chi connectivity index (χ0n) is 8.78. The Bertz CT molecular complexity index is 347. The van der Waals surface area contributed by atoms with E-state index >= 15 is 0 Å². The lowest BCUT2D eigenvalue weighted by atomic mass is 10.3. The molecule has 0 unspecified atom stereocenters. The lowest BCUT2D eigenvalue weighted by molar-refractivity contribution is -0.113. The van der Waals surface area contributed by atoms with Crippen LogP contribution < -0.4 is 5.32 Å². The molecule has 88 valence electrons. The summed E-state index contributed by atoms with van der Waals surface area (Å²) < 4.78 is 1.04. The number of aliphatic hydroxyl groups excluding tert-OH is 1. The van der Waals surface area contributed by atoms with Crippen LogP contribution in [-0.4, -0.2) is 29.1 Å². The summed E-state index contributed by atoms with van der Waals surface area (Å²) in [6.07, 6.45) is 0.737. The molecule has 1 aromatic rings.